The van der Waals surface area contributed by atoms with E-state index >= 15 is 0 Å². The average Bonchev–Trinajstić information content (AvgIpc) is 2.73. The molecule has 1 heterocycles. The van der Waals surface area contributed by atoms with Crippen molar-refractivity contribution in [1.29, 1.82) is 0 Å². The van der Waals surface area contributed by atoms with Crippen LogP contribution in [-0.2, 0) is 4.79 Å². The summed E-state index contributed by atoms with van der Waals surface area (Å²) in [4.78, 5) is 17.4. The first-order valence-corrected chi connectivity index (χ1v) is 9.60. The molecule has 3 rings (SSSR count). The molecule has 0 spiro atoms. The molecule has 0 unspecified atom stereocenters. The molecular weight excluding hydrogens is 374 g/mol. The molecule has 148 valence electrons. The Balaban J connectivity index is 1.48. The number of anilines is 1. The highest BCUT2D eigenvalue weighted by Gasteiger charge is 2.17. The minimum absolute atomic E-state index is 0.0612. The van der Waals surface area contributed by atoms with Gasteiger partial charge in [0.15, 0.2) is 6.61 Å². The van der Waals surface area contributed by atoms with Crippen molar-refractivity contribution in [2.24, 2.45) is 0 Å². The van der Waals surface area contributed by atoms with Gasteiger partial charge in [-0.15, -0.1) is 0 Å². The first kappa shape index (κ1) is 20.1. The van der Waals surface area contributed by atoms with Gasteiger partial charge in [0.05, 0.1) is 7.11 Å². The van der Waals surface area contributed by atoms with Gasteiger partial charge in [0, 0.05) is 37.4 Å². The number of carbonyl (C=O) groups excluding carboxylic acids is 1. The summed E-state index contributed by atoms with van der Waals surface area (Å²) in [6.45, 7) is 3.86. The van der Waals surface area contributed by atoms with Crippen LogP contribution in [0.25, 0.3) is 0 Å². The van der Waals surface area contributed by atoms with Gasteiger partial charge in [-0.25, -0.2) is 0 Å². The third-order valence-corrected chi connectivity index (χ3v) is 5.13. The van der Waals surface area contributed by atoms with E-state index in [9.17, 15) is 4.79 Å². The number of rotatable bonds is 6. The Bertz CT molecular complexity index is 801. The van der Waals surface area contributed by atoms with Crippen LogP contribution in [0.4, 0.5) is 5.69 Å². The summed E-state index contributed by atoms with van der Waals surface area (Å²) in [6, 6.07) is 14.7. The van der Waals surface area contributed by atoms with Crippen LogP contribution in [0.2, 0.25) is 0 Å². The normalized spacial score (nSPS) is 14.4. The Kier molecular flexibility index (Phi) is 6.84. The van der Waals surface area contributed by atoms with Gasteiger partial charge in [-0.05, 0) is 55.6 Å². The lowest BCUT2D eigenvalue weighted by Gasteiger charge is -2.34. The Morgan fingerprint density at radius 3 is 2.21 bits per heavy atom. The second-order valence-corrected chi connectivity index (χ2v) is 7.07. The van der Waals surface area contributed by atoms with Gasteiger partial charge in [0.2, 0.25) is 0 Å². The number of methoxy groups -OCH3 is 1. The van der Waals surface area contributed by atoms with Gasteiger partial charge in [0.25, 0.3) is 5.91 Å². The number of nitrogens with zero attached hydrogens (tertiary/aromatic N) is 2. The second-order valence-electron chi connectivity index (χ2n) is 6.69. The molecule has 0 aliphatic carbocycles. The number of benzene rings is 2. The Morgan fingerprint density at radius 1 is 1.00 bits per heavy atom. The van der Waals surface area contributed by atoms with Gasteiger partial charge in [0.1, 0.15) is 16.5 Å². The van der Waals surface area contributed by atoms with Crippen molar-refractivity contribution in [1.82, 2.24) is 9.80 Å². The number of hydrogen-bond donors (Lipinski definition) is 1. The van der Waals surface area contributed by atoms with E-state index < -0.39 is 0 Å². The van der Waals surface area contributed by atoms with Crippen molar-refractivity contribution in [2.45, 2.75) is 0 Å². The standard InChI is InChI=1S/C21H25N3O3S/c1-23-11-13-24(14-12-23)21(28)16-3-7-19(8-4-16)27-15-20(25)22-17-5-9-18(26-2)10-6-17/h3-10H,11-15H2,1-2H3,(H,22,25). The van der Waals surface area contributed by atoms with Gasteiger partial charge in [-0.3, -0.25) is 4.79 Å². The molecule has 1 aliphatic heterocycles. The minimum atomic E-state index is -0.220. The van der Waals surface area contributed by atoms with Gasteiger partial charge >= 0.3 is 0 Å². The molecule has 6 nitrogen and oxygen atoms in total. The number of ether oxygens (including phenoxy) is 2. The first-order valence-electron chi connectivity index (χ1n) is 9.20. The van der Waals surface area contributed by atoms with E-state index in [0.29, 0.717) is 11.4 Å². The lowest BCUT2D eigenvalue weighted by Crippen LogP contribution is -2.46. The summed E-state index contributed by atoms with van der Waals surface area (Å²) in [7, 11) is 3.72. The molecule has 2 aromatic carbocycles. The van der Waals surface area contributed by atoms with Crippen LogP contribution in [-0.4, -0.2) is 67.6 Å². The van der Waals surface area contributed by atoms with Crippen LogP contribution in [0.15, 0.2) is 48.5 Å². The Morgan fingerprint density at radius 2 is 1.61 bits per heavy atom. The van der Waals surface area contributed by atoms with Crippen molar-refractivity contribution in [3.05, 3.63) is 54.1 Å². The fraction of sp³-hybridized carbons (Fsp3) is 0.333. The molecule has 0 saturated carbocycles. The summed E-state index contributed by atoms with van der Waals surface area (Å²) in [5, 5.41) is 2.79. The Hall–Kier alpha value is -2.64. The second kappa shape index (κ2) is 9.52. The Labute approximate surface area is 171 Å². The molecule has 0 atom stereocenters. The summed E-state index contributed by atoms with van der Waals surface area (Å²) < 4.78 is 10.7. The molecule has 0 radical (unpaired) electrons. The molecule has 1 fully saturated rings. The highest BCUT2D eigenvalue weighted by molar-refractivity contribution is 7.80. The number of amides is 1. The highest BCUT2D eigenvalue weighted by Crippen LogP contribution is 2.17. The van der Waals surface area contributed by atoms with E-state index in [1.54, 1.807) is 31.4 Å². The van der Waals surface area contributed by atoms with Crippen LogP contribution in [0.1, 0.15) is 5.56 Å². The molecule has 1 N–H and O–H groups in total. The lowest BCUT2D eigenvalue weighted by atomic mass is 10.2. The zero-order chi connectivity index (χ0) is 19.9. The number of carbonyl (C=O) groups is 1. The van der Waals surface area contributed by atoms with Gasteiger partial charge < -0.3 is 24.6 Å². The quantitative estimate of drug-likeness (QED) is 0.754. The van der Waals surface area contributed by atoms with Crippen LogP contribution in [0, 0.1) is 0 Å². The maximum absolute atomic E-state index is 12.0. The van der Waals surface area contributed by atoms with E-state index in [1.807, 2.05) is 24.3 Å². The maximum Gasteiger partial charge on any atom is 0.262 e. The van der Waals surface area contributed by atoms with E-state index in [-0.39, 0.29) is 12.5 Å². The smallest absolute Gasteiger partial charge is 0.262 e. The van der Waals surface area contributed by atoms with Gasteiger partial charge in [-0.2, -0.15) is 0 Å². The lowest BCUT2D eigenvalue weighted by molar-refractivity contribution is -0.118. The molecule has 2 aromatic rings. The molecule has 1 aliphatic rings. The molecule has 7 heteroatoms. The van der Waals surface area contributed by atoms with Crippen molar-refractivity contribution >= 4 is 28.8 Å². The average molecular weight is 400 g/mol. The third kappa shape index (κ3) is 5.43. The summed E-state index contributed by atoms with van der Waals surface area (Å²) in [5.41, 5.74) is 1.69. The van der Waals surface area contributed by atoms with E-state index in [4.69, 9.17) is 21.7 Å². The third-order valence-electron chi connectivity index (χ3n) is 4.64. The van der Waals surface area contributed by atoms with Crippen molar-refractivity contribution in [3.8, 4) is 11.5 Å². The van der Waals surface area contributed by atoms with E-state index in [1.165, 1.54) is 0 Å². The zero-order valence-electron chi connectivity index (χ0n) is 16.2. The van der Waals surface area contributed by atoms with Gasteiger partial charge in [-0.1, -0.05) is 12.2 Å². The molecule has 28 heavy (non-hydrogen) atoms. The van der Waals surface area contributed by atoms with Crippen LogP contribution >= 0.6 is 12.2 Å². The highest BCUT2D eigenvalue weighted by atomic mass is 32.1. The van der Waals surface area contributed by atoms with Crippen molar-refractivity contribution in [3.63, 3.8) is 0 Å². The predicted molar refractivity (Wildman–Crippen MR) is 114 cm³/mol. The maximum atomic E-state index is 12.0. The van der Waals surface area contributed by atoms with Crippen LogP contribution < -0.4 is 14.8 Å². The molecular formula is C21H25N3O3S. The molecule has 1 amide bonds. The largest absolute Gasteiger partial charge is 0.497 e. The topological polar surface area (TPSA) is 54.0 Å². The number of piperazine rings is 1. The number of hydrogen-bond acceptors (Lipinski definition) is 5. The number of likely N-dealkylation sites (N-methyl/N-ethyl adjacent to an activating group) is 1. The first-order chi connectivity index (χ1) is 13.5. The zero-order valence-corrected chi connectivity index (χ0v) is 17.0. The molecule has 0 aromatic heterocycles. The molecule has 1 saturated heterocycles. The fourth-order valence-electron chi connectivity index (χ4n) is 2.91. The van der Waals surface area contributed by atoms with Crippen LogP contribution in [0.3, 0.4) is 0 Å². The summed E-state index contributed by atoms with van der Waals surface area (Å²) >= 11 is 5.61. The summed E-state index contributed by atoms with van der Waals surface area (Å²) in [5.74, 6) is 1.15. The van der Waals surface area contributed by atoms with E-state index in [2.05, 4.69) is 22.2 Å². The fourth-order valence-corrected chi connectivity index (χ4v) is 3.22. The van der Waals surface area contributed by atoms with Crippen LogP contribution in [0.5, 0.6) is 11.5 Å². The molecule has 0 bridgehead atoms. The minimum Gasteiger partial charge on any atom is -0.497 e. The van der Waals surface area contributed by atoms with Crippen molar-refractivity contribution in [2.75, 3.05) is 52.3 Å². The number of nitrogens with one attached hydrogen (secondary N) is 1. The van der Waals surface area contributed by atoms with E-state index in [0.717, 1.165) is 42.5 Å². The predicted octanol–water partition coefficient (Wildman–Crippen LogP) is 2.64. The SMILES string of the molecule is COc1ccc(NC(=O)COc2ccc(C(=S)N3CCN(C)CC3)cc2)cc1. The summed E-state index contributed by atoms with van der Waals surface area (Å²) in [6.07, 6.45) is 0. The monoisotopic (exact) mass is 399 g/mol. The number of thiocarbonyl (C=S) groups is 1. The van der Waals surface area contributed by atoms with Crippen molar-refractivity contribution < 1.29 is 14.3 Å².